The third-order valence-corrected chi connectivity index (χ3v) is 7.81. The fourth-order valence-corrected chi connectivity index (χ4v) is 5.63. The van der Waals surface area contributed by atoms with Crippen molar-refractivity contribution in [3.8, 4) is 11.1 Å². The van der Waals surface area contributed by atoms with E-state index >= 15 is 0 Å². The monoisotopic (exact) mass is 478 g/mol. The largest absolute Gasteiger partial charge is 0.368 e. The van der Waals surface area contributed by atoms with Gasteiger partial charge in [-0.15, -0.1) is 0 Å². The van der Waals surface area contributed by atoms with Gasteiger partial charge in [0.05, 0.1) is 6.61 Å². The lowest BCUT2D eigenvalue weighted by Crippen LogP contribution is -2.14. The van der Waals surface area contributed by atoms with E-state index < -0.39 is 11.6 Å². The van der Waals surface area contributed by atoms with Crippen LogP contribution in [0.4, 0.5) is 13.2 Å². The molecule has 0 spiro atoms. The lowest BCUT2D eigenvalue weighted by Gasteiger charge is -2.29. The molecule has 1 saturated heterocycles. The van der Waals surface area contributed by atoms with Crippen molar-refractivity contribution in [2.45, 2.75) is 70.3 Å². The zero-order valence-corrected chi connectivity index (χ0v) is 20.3. The number of ether oxygens (including phenoxy) is 1. The summed E-state index contributed by atoms with van der Waals surface area (Å²) in [5.74, 6) is -0.568. The molecule has 1 aliphatic heterocycles. The molecule has 4 heteroatoms. The van der Waals surface area contributed by atoms with Crippen molar-refractivity contribution in [1.82, 2.24) is 0 Å². The van der Waals surface area contributed by atoms with Crippen LogP contribution in [0.1, 0.15) is 79.7 Å². The molecule has 0 bridgehead atoms. The van der Waals surface area contributed by atoms with Crippen molar-refractivity contribution in [3.63, 3.8) is 0 Å². The Morgan fingerprint density at radius 3 is 2.09 bits per heavy atom. The molecule has 1 unspecified atom stereocenters. The standard InChI is InChI=1S/C31H33F3O/c1-2-3-20-6-11-23(12-7-20)25-15-10-22(18-28(25)32)5-4-21-8-13-24(14-9-21)26-16-17-27(29-19-35-29)31(34)30(26)33/h8-10,13-18,20,23,29H,2-7,11-12,19H2,1H3. The Labute approximate surface area is 206 Å². The van der Waals surface area contributed by atoms with Crippen molar-refractivity contribution in [3.05, 3.63) is 94.3 Å². The molecule has 0 radical (unpaired) electrons. The fourth-order valence-electron chi connectivity index (χ4n) is 5.63. The first-order valence-corrected chi connectivity index (χ1v) is 13.0. The number of aryl methyl sites for hydroxylation is 2. The van der Waals surface area contributed by atoms with Gasteiger partial charge in [0.1, 0.15) is 11.9 Å². The second-order valence-electron chi connectivity index (χ2n) is 10.2. The van der Waals surface area contributed by atoms with Crippen LogP contribution in [0.5, 0.6) is 0 Å². The Kier molecular flexibility index (Phi) is 7.29. The molecule has 2 aliphatic rings. The van der Waals surface area contributed by atoms with Gasteiger partial charge < -0.3 is 4.74 Å². The quantitative estimate of drug-likeness (QED) is 0.295. The summed E-state index contributed by atoms with van der Waals surface area (Å²) in [4.78, 5) is 0. The van der Waals surface area contributed by atoms with Crippen LogP contribution in [0.15, 0.2) is 54.6 Å². The SMILES string of the molecule is CCCC1CCC(c2ccc(CCc3ccc(-c4ccc(C5CO5)c(F)c4F)cc3)cc2F)CC1. The number of epoxide rings is 1. The maximum absolute atomic E-state index is 14.9. The van der Waals surface area contributed by atoms with E-state index in [-0.39, 0.29) is 23.0 Å². The number of rotatable bonds is 8. The van der Waals surface area contributed by atoms with Crippen LogP contribution in [0.2, 0.25) is 0 Å². The molecule has 1 aliphatic carbocycles. The first-order valence-electron chi connectivity index (χ1n) is 13.0. The van der Waals surface area contributed by atoms with E-state index in [1.54, 1.807) is 18.2 Å². The molecule has 35 heavy (non-hydrogen) atoms. The lowest BCUT2D eigenvalue weighted by atomic mass is 9.77. The maximum atomic E-state index is 14.9. The highest BCUT2D eigenvalue weighted by Gasteiger charge is 2.30. The first-order chi connectivity index (χ1) is 17.0. The maximum Gasteiger partial charge on any atom is 0.167 e. The topological polar surface area (TPSA) is 12.5 Å². The van der Waals surface area contributed by atoms with Gasteiger partial charge in [-0.3, -0.25) is 0 Å². The van der Waals surface area contributed by atoms with Crippen LogP contribution in [-0.4, -0.2) is 6.61 Å². The summed E-state index contributed by atoms with van der Waals surface area (Å²) < 4.78 is 49.0. The summed E-state index contributed by atoms with van der Waals surface area (Å²) in [6, 6.07) is 16.5. The predicted octanol–water partition coefficient (Wildman–Crippen LogP) is 8.70. The number of hydrogen-bond acceptors (Lipinski definition) is 1. The predicted molar refractivity (Wildman–Crippen MR) is 134 cm³/mol. The Morgan fingerprint density at radius 1 is 0.771 bits per heavy atom. The van der Waals surface area contributed by atoms with Crippen LogP contribution in [0.3, 0.4) is 0 Å². The van der Waals surface area contributed by atoms with E-state index in [1.165, 1.54) is 25.7 Å². The molecule has 1 heterocycles. The van der Waals surface area contributed by atoms with Crippen molar-refractivity contribution < 1.29 is 17.9 Å². The van der Waals surface area contributed by atoms with E-state index in [9.17, 15) is 13.2 Å². The van der Waals surface area contributed by atoms with Gasteiger partial charge in [0, 0.05) is 11.1 Å². The highest BCUT2D eigenvalue weighted by Crippen LogP contribution is 2.39. The Balaban J connectivity index is 1.20. The van der Waals surface area contributed by atoms with Crippen LogP contribution in [-0.2, 0) is 17.6 Å². The van der Waals surface area contributed by atoms with Crippen molar-refractivity contribution in [1.29, 1.82) is 0 Å². The summed E-state index contributed by atoms with van der Waals surface area (Å²) in [7, 11) is 0. The second kappa shape index (κ2) is 10.6. The molecule has 3 aromatic carbocycles. The minimum atomic E-state index is -0.833. The lowest BCUT2D eigenvalue weighted by molar-refractivity contribution is 0.304. The minimum absolute atomic E-state index is 0.0747. The molecule has 3 aromatic rings. The number of halogens is 3. The summed E-state index contributed by atoms with van der Waals surface area (Å²) >= 11 is 0. The molecule has 1 atom stereocenters. The average Bonchev–Trinajstić information content (AvgIpc) is 3.71. The summed E-state index contributed by atoms with van der Waals surface area (Å²) in [6.45, 7) is 2.68. The Morgan fingerprint density at radius 2 is 1.43 bits per heavy atom. The smallest absolute Gasteiger partial charge is 0.167 e. The van der Waals surface area contributed by atoms with Gasteiger partial charge in [0.25, 0.3) is 0 Å². The van der Waals surface area contributed by atoms with Gasteiger partial charge in [-0.25, -0.2) is 13.2 Å². The van der Waals surface area contributed by atoms with Crippen molar-refractivity contribution >= 4 is 0 Å². The van der Waals surface area contributed by atoms with Gasteiger partial charge in [0.2, 0.25) is 0 Å². The molecular weight excluding hydrogens is 445 g/mol. The molecule has 2 fully saturated rings. The van der Waals surface area contributed by atoms with Gasteiger partial charge >= 0.3 is 0 Å². The summed E-state index contributed by atoms with van der Waals surface area (Å²) in [6.07, 6.45) is 8.32. The van der Waals surface area contributed by atoms with Crippen LogP contribution in [0.25, 0.3) is 11.1 Å². The third-order valence-electron chi connectivity index (χ3n) is 7.81. The van der Waals surface area contributed by atoms with E-state index in [0.29, 0.717) is 18.1 Å². The molecule has 0 aromatic heterocycles. The van der Waals surface area contributed by atoms with Gasteiger partial charge in [-0.05, 0) is 78.7 Å². The van der Waals surface area contributed by atoms with Gasteiger partial charge in [-0.2, -0.15) is 0 Å². The molecule has 0 amide bonds. The molecule has 0 N–H and O–H groups in total. The fraction of sp³-hybridized carbons (Fsp3) is 0.419. The Bertz CT molecular complexity index is 1160. The van der Waals surface area contributed by atoms with Crippen LogP contribution >= 0.6 is 0 Å². The summed E-state index contributed by atoms with van der Waals surface area (Å²) in [5, 5.41) is 0. The number of hydrogen-bond donors (Lipinski definition) is 0. The highest BCUT2D eigenvalue weighted by molar-refractivity contribution is 5.65. The van der Waals surface area contributed by atoms with Crippen LogP contribution < -0.4 is 0 Å². The zero-order valence-electron chi connectivity index (χ0n) is 20.3. The molecule has 1 saturated carbocycles. The number of benzene rings is 3. The molecule has 1 nitrogen and oxygen atoms in total. The Hall–Kier alpha value is -2.59. The third kappa shape index (κ3) is 5.48. The van der Waals surface area contributed by atoms with Crippen LogP contribution in [0, 0.1) is 23.4 Å². The molecule has 184 valence electrons. The van der Waals surface area contributed by atoms with Gasteiger partial charge in [0.15, 0.2) is 11.6 Å². The first kappa shape index (κ1) is 24.1. The van der Waals surface area contributed by atoms with Gasteiger partial charge in [-0.1, -0.05) is 68.3 Å². The van der Waals surface area contributed by atoms with E-state index in [2.05, 4.69) is 13.0 Å². The zero-order chi connectivity index (χ0) is 24.4. The normalized spacial score (nSPS) is 21.8. The van der Waals surface area contributed by atoms with E-state index in [4.69, 9.17) is 4.74 Å². The van der Waals surface area contributed by atoms with Crippen molar-refractivity contribution in [2.24, 2.45) is 5.92 Å². The molecular formula is C31H33F3O. The van der Waals surface area contributed by atoms with E-state index in [1.807, 2.05) is 30.3 Å². The molecule has 5 rings (SSSR count). The van der Waals surface area contributed by atoms with Crippen molar-refractivity contribution in [2.75, 3.05) is 6.61 Å². The van der Waals surface area contributed by atoms with E-state index in [0.717, 1.165) is 48.3 Å². The summed E-state index contributed by atoms with van der Waals surface area (Å²) in [5.41, 5.74) is 4.11. The average molecular weight is 479 g/mol. The highest BCUT2D eigenvalue weighted by atomic mass is 19.2. The second-order valence-corrected chi connectivity index (χ2v) is 10.2. The minimum Gasteiger partial charge on any atom is -0.368 e.